The fourth-order valence-electron chi connectivity index (χ4n) is 2.25. The lowest BCUT2D eigenvalue weighted by molar-refractivity contribution is -0.151. The molecule has 0 saturated heterocycles. The summed E-state index contributed by atoms with van der Waals surface area (Å²) in [6, 6.07) is 9.52. The number of aryl methyl sites for hydroxylation is 1. The number of nitrogens with zero attached hydrogens (tertiary/aromatic N) is 1. The molecule has 0 saturated carbocycles. The highest BCUT2D eigenvalue weighted by atomic mass is 32.1. The van der Waals surface area contributed by atoms with Gasteiger partial charge in [-0.15, -0.1) is 11.3 Å². The third-order valence-corrected chi connectivity index (χ3v) is 4.70. The minimum atomic E-state index is -0.598. The molecule has 0 aliphatic heterocycles. The van der Waals surface area contributed by atoms with Crippen LogP contribution in [0.5, 0.6) is 0 Å². The van der Waals surface area contributed by atoms with E-state index in [0.717, 1.165) is 4.88 Å². The normalized spacial score (nSPS) is 10.4. The van der Waals surface area contributed by atoms with Gasteiger partial charge in [-0.1, -0.05) is 12.1 Å². The van der Waals surface area contributed by atoms with Crippen LogP contribution < -0.4 is 0 Å². The van der Waals surface area contributed by atoms with Crippen LogP contribution in [0.15, 0.2) is 36.4 Å². The molecule has 0 aliphatic carbocycles. The number of hydrogen-bond acceptors (Lipinski definition) is 5. The van der Waals surface area contributed by atoms with Crippen molar-refractivity contribution in [3.8, 4) is 0 Å². The van der Waals surface area contributed by atoms with Gasteiger partial charge in [-0.3, -0.25) is 14.4 Å². The topological polar surface area (TPSA) is 63.7 Å². The van der Waals surface area contributed by atoms with Gasteiger partial charge in [0.2, 0.25) is 0 Å². The van der Waals surface area contributed by atoms with E-state index in [9.17, 15) is 18.8 Å². The maximum atomic E-state index is 13.1. The van der Waals surface area contributed by atoms with Gasteiger partial charge in [-0.2, -0.15) is 0 Å². The average molecular weight is 377 g/mol. The fraction of sp³-hybridized carbons (Fsp3) is 0.316. The number of ketones is 1. The van der Waals surface area contributed by atoms with E-state index in [4.69, 9.17) is 4.74 Å². The number of carbonyl (C=O) groups excluding carboxylic acids is 3. The monoisotopic (exact) mass is 377 g/mol. The van der Waals surface area contributed by atoms with Gasteiger partial charge < -0.3 is 9.64 Å². The minimum absolute atomic E-state index is 0.0477. The summed E-state index contributed by atoms with van der Waals surface area (Å²) in [7, 11) is 1.55. The number of ether oxygens (including phenoxy) is 1. The Morgan fingerprint density at radius 1 is 1.15 bits per heavy atom. The Morgan fingerprint density at radius 2 is 1.92 bits per heavy atom. The first-order valence-corrected chi connectivity index (χ1v) is 8.90. The second kappa shape index (κ2) is 9.24. The third-order valence-electron chi connectivity index (χ3n) is 3.66. The van der Waals surface area contributed by atoms with Crippen molar-refractivity contribution in [2.75, 3.05) is 13.7 Å². The Morgan fingerprint density at radius 3 is 2.58 bits per heavy atom. The van der Waals surface area contributed by atoms with Gasteiger partial charge in [0.05, 0.1) is 11.3 Å². The summed E-state index contributed by atoms with van der Waals surface area (Å²) < 4.78 is 18.1. The standard InChI is InChI=1S/C19H20FNO4S/c1-13-6-8-17(26-13)16(22)7-9-19(24)25-12-18(23)21(2)11-14-4-3-5-15(20)10-14/h3-6,8,10H,7,9,11-12H2,1-2H3. The molecule has 0 bridgehead atoms. The highest BCUT2D eigenvalue weighted by Gasteiger charge is 2.15. The van der Waals surface area contributed by atoms with Crippen LogP contribution in [-0.4, -0.2) is 36.2 Å². The van der Waals surface area contributed by atoms with E-state index in [1.807, 2.05) is 13.0 Å². The van der Waals surface area contributed by atoms with Crippen molar-refractivity contribution in [3.05, 3.63) is 57.5 Å². The Labute approximate surface area is 155 Å². The highest BCUT2D eigenvalue weighted by molar-refractivity contribution is 7.14. The quantitative estimate of drug-likeness (QED) is 0.523. The molecule has 26 heavy (non-hydrogen) atoms. The van der Waals surface area contributed by atoms with Gasteiger partial charge in [0.25, 0.3) is 5.91 Å². The molecule has 138 valence electrons. The highest BCUT2D eigenvalue weighted by Crippen LogP contribution is 2.17. The van der Waals surface area contributed by atoms with E-state index in [1.54, 1.807) is 25.2 Å². The molecule has 0 atom stereocenters. The van der Waals surface area contributed by atoms with Crippen LogP contribution in [0.3, 0.4) is 0 Å². The molecular formula is C19H20FNO4S. The van der Waals surface area contributed by atoms with Crippen LogP contribution in [0.4, 0.5) is 4.39 Å². The first kappa shape index (κ1) is 19.8. The van der Waals surface area contributed by atoms with Crippen LogP contribution in [-0.2, 0) is 20.9 Å². The van der Waals surface area contributed by atoms with Crippen molar-refractivity contribution in [1.29, 1.82) is 0 Å². The van der Waals surface area contributed by atoms with Crippen LogP contribution in [0.25, 0.3) is 0 Å². The fourth-order valence-corrected chi connectivity index (χ4v) is 3.08. The van der Waals surface area contributed by atoms with E-state index in [-0.39, 0.29) is 31.0 Å². The van der Waals surface area contributed by atoms with Gasteiger partial charge in [0, 0.05) is 24.9 Å². The number of amides is 1. The summed E-state index contributed by atoms with van der Waals surface area (Å²) >= 11 is 1.38. The van der Waals surface area contributed by atoms with Crippen molar-refractivity contribution >= 4 is 29.0 Å². The predicted molar refractivity (Wildman–Crippen MR) is 96.5 cm³/mol. The summed E-state index contributed by atoms with van der Waals surface area (Å²) in [5, 5.41) is 0. The Balaban J connectivity index is 1.72. The molecule has 0 aliphatic rings. The van der Waals surface area contributed by atoms with E-state index < -0.39 is 18.5 Å². The average Bonchev–Trinajstić information content (AvgIpc) is 3.04. The molecule has 0 unspecified atom stereocenters. The van der Waals surface area contributed by atoms with Crippen molar-refractivity contribution in [1.82, 2.24) is 4.90 Å². The first-order valence-electron chi connectivity index (χ1n) is 8.09. The maximum absolute atomic E-state index is 13.1. The molecule has 2 rings (SSSR count). The Bertz CT molecular complexity index is 802. The Hall–Kier alpha value is -2.54. The predicted octanol–water partition coefficient (Wildman–Crippen LogP) is 3.36. The smallest absolute Gasteiger partial charge is 0.306 e. The number of Topliss-reactive ketones (excluding diaryl/α,β-unsaturated/α-hetero) is 1. The minimum Gasteiger partial charge on any atom is -0.456 e. The maximum Gasteiger partial charge on any atom is 0.306 e. The van der Waals surface area contributed by atoms with Gasteiger partial charge in [0.1, 0.15) is 5.82 Å². The zero-order chi connectivity index (χ0) is 19.1. The van der Waals surface area contributed by atoms with Gasteiger partial charge in [-0.05, 0) is 36.8 Å². The Kier molecular flexibility index (Phi) is 7.03. The number of halogens is 1. The van der Waals surface area contributed by atoms with Gasteiger partial charge in [0.15, 0.2) is 12.4 Å². The number of carbonyl (C=O) groups is 3. The molecular weight excluding hydrogens is 357 g/mol. The largest absolute Gasteiger partial charge is 0.456 e. The second-order valence-electron chi connectivity index (χ2n) is 5.87. The summed E-state index contributed by atoms with van der Waals surface area (Å²) in [5.74, 6) is -1.49. The number of benzene rings is 1. The van der Waals surface area contributed by atoms with Crippen molar-refractivity contribution in [2.24, 2.45) is 0 Å². The van der Waals surface area contributed by atoms with Gasteiger partial charge >= 0.3 is 5.97 Å². The summed E-state index contributed by atoms with van der Waals surface area (Å²) in [5.41, 5.74) is 0.643. The SMILES string of the molecule is Cc1ccc(C(=O)CCC(=O)OCC(=O)N(C)Cc2cccc(F)c2)s1. The zero-order valence-electron chi connectivity index (χ0n) is 14.7. The van der Waals surface area contributed by atoms with Crippen molar-refractivity contribution in [3.63, 3.8) is 0 Å². The summed E-state index contributed by atoms with van der Waals surface area (Å²) in [4.78, 5) is 38.6. The summed E-state index contributed by atoms with van der Waals surface area (Å²) in [6.45, 7) is 1.71. The van der Waals surface area contributed by atoms with Crippen LogP contribution >= 0.6 is 11.3 Å². The number of likely N-dealkylation sites (N-methyl/N-ethyl adjacent to an activating group) is 1. The summed E-state index contributed by atoms with van der Waals surface area (Å²) in [6.07, 6.45) is -0.0250. The molecule has 5 nitrogen and oxygen atoms in total. The molecule has 0 radical (unpaired) electrons. The third kappa shape index (κ3) is 6.07. The molecule has 2 aromatic rings. The van der Waals surface area contributed by atoms with Crippen LogP contribution in [0.1, 0.15) is 33.0 Å². The molecule has 1 heterocycles. The molecule has 1 amide bonds. The molecule has 1 aromatic heterocycles. The lowest BCUT2D eigenvalue weighted by Gasteiger charge is -2.17. The number of hydrogen-bond donors (Lipinski definition) is 0. The number of rotatable bonds is 8. The second-order valence-corrected chi connectivity index (χ2v) is 7.16. The molecule has 0 spiro atoms. The van der Waals surface area contributed by atoms with Gasteiger partial charge in [-0.25, -0.2) is 4.39 Å². The molecule has 7 heteroatoms. The van der Waals surface area contributed by atoms with Crippen LogP contribution in [0, 0.1) is 12.7 Å². The van der Waals surface area contributed by atoms with Crippen molar-refractivity contribution in [2.45, 2.75) is 26.3 Å². The first-order chi connectivity index (χ1) is 12.3. The van der Waals surface area contributed by atoms with E-state index in [2.05, 4.69) is 0 Å². The number of esters is 1. The lowest BCUT2D eigenvalue weighted by atomic mass is 10.2. The number of thiophene rings is 1. The lowest BCUT2D eigenvalue weighted by Crippen LogP contribution is -2.30. The molecule has 0 N–H and O–H groups in total. The van der Waals surface area contributed by atoms with E-state index in [1.165, 1.54) is 28.4 Å². The van der Waals surface area contributed by atoms with Crippen LogP contribution in [0.2, 0.25) is 0 Å². The molecule has 1 aromatic carbocycles. The van der Waals surface area contributed by atoms with Crippen molar-refractivity contribution < 1.29 is 23.5 Å². The van der Waals surface area contributed by atoms with E-state index >= 15 is 0 Å². The molecule has 0 fully saturated rings. The zero-order valence-corrected chi connectivity index (χ0v) is 15.5. The van der Waals surface area contributed by atoms with E-state index in [0.29, 0.717) is 10.4 Å².